The lowest BCUT2D eigenvalue weighted by atomic mass is 9.99. The number of aromatic nitrogens is 2. The zero-order chi connectivity index (χ0) is 14.1. The molecule has 3 aromatic rings. The number of rotatable bonds is 2. The molecular weight excluding hydrogens is 253 g/mol. The van der Waals surface area contributed by atoms with Crippen molar-refractivity contribution in [1.29, 1.82) is 0 Å². The number of aromatic amines is 1. The van der Waals surface area contributed by atoms with E-state index in [9.17, 15) is 4.39 Å². The Morgan fingerprint density at radius 3 is 2.60 bits per heavy atom. The van der Waals surface area contributed by atoms with E-state index >= 15 is 0 Å². The highest BCUT2D eigenvalue weighted by Gasteiger charge is 2.17. The van der Waals surface area contributed by atoms with Crippen molar-refractivity contribution >= 4 is 5.82 Å². The molecule has 0 saturated heterocycles. The molecule has 0 aliphatic rings. The molecule has 0 amide bonds. The fourth-order valence-electron chi connectivity index (χ4n) is 2.28. The van der Waals surface area contributed by atoms with Crippen LogP contribution in [0.25, 0.3) is 22.4 Å². The van der Waals surface area contributed by atoms with E-state index in [0.29, 0.717) is 17.1 Å². The van der Waals surface area contributed by atoms with Gasteiger partial charge in [-0.3, -0.25) is 5.10 Å². The number of nitrogen functional groups attached to an aromatic ring is 1. The SMILES string of the molecule is Cc1ccc(F)c(-c2[nH]nc(N)c2-c2ccccc2)c1. The van der Waals surface area contributed by atoms with Crippen LogP contribution in [0.1, 0.15) is 5.56 Å². The van der Waals surface area contributed by atoms with Gasteiger partial charge in [0.1, 0.15) is 5.82 Å². The number of anilines is 1. The van der Waals surface area contributed by atoms with Crippen molar-refractivity contribution < 1.29 is 4.39 Å². The van der Waals surface area contributed by atoms with Gasteiger partial charge < -0.3 is 5.73 Å². The van der Waals surface area contributed by atoms with E-state index in [0.717, 1.165) is 16.7 Å². The van der Waals surface area contributed by atoms with E-state index < -0.39 is 0 Å². The maximum absolute atomic E-state index is 14.1. The predicted molar refractivity (Wildman–Crippen MR) is 78.6 cm³/mol. The van der Waals surface area contributed by atoms with E-state index in [1.54, 1.807) is 12.1 Å². The smallest absolute Gasteiger partial charge is 0.153 e. The Kier molecular flexibility index (Phi) is 2.99. The summed E-state index contributed by atoms with van der Waals surface area (Å²) < 4.78 is 14.1. The van der Waals surface area contributed by atoms with Gasteiger partial charge in [0, 0.05) is 5.56 Å². The highest BCUT2D eigenvalue weighted by molar-refractivity contribution is 5.87. The molecule has 0 unspecified atom stereocenters. The monoisotopic (exact) mass is 267 g/mol. The molecule has 0 fully saturated rings. The van der Waals surface area contributed by atoms with Gasteiger partial charge in [0.25, 0.3) is 0 Å². The molecule has 0 aliphatic heterocycles. The average molecular weight is 267 g/mol. The Bertz CT molecular complexity index is 748. The van der Waals surface area contributed by atoms with Gasteiger partial charge in [-0.05, 0) is 24.6 Å². The summed E-state index contributed by atoms with van der Waals surface area (Å²) in [5.41, 5.74) is 9.64. The van der Waals surface area contributed by atoms with Crippen molar-refractivity contribution in [3.05, 3.63) is 59.9 Å². The maximum atomic E-state index is 14.1. The number of nitrogens with one attached hydrogen (secondary N) is 1. The van der Waals surface area contributed by atoms with Crippen molar-refractivity contribution in [2.45, 2.75) is 6.92 Å². The van der Waals surface area contributed by atoms with Gasteiger partial charge in [0.15, 0.2) is 5.82 Å². The summed E-state index contributed by atoms with van der Waals surface area (Å²) in [5, 5.41) is 6.87. The first-order valence-electron chi connectivity index (χ1n) is 6.32. The molecule has 3 nitrogen and oxygen atoms in total. The van der Waals surface area contributed by atoms with Gasteiger partial charge >= 0.3 is 0 Å². The van der Waals surface area contributed by atoms with Crippen molar-refractivity contribution in [3.8, 4) is 22.4 Å². The second kappa shape index (κ2) is 4.81. The molecule has 4 heteroatoms. The second-order valence-corrected chi connectivity index (χ2v) is 4.71. The van der Waals surface area contributed by atoms with Crippen LogP contribution in [-0.4, -0.2) is 10.2 Å². The molecule has 100 valence electrons. The summed E-state index contributed by atoms with van der Waals surface area (Å²) in [7, 11) is 0. The van der Waals surface area contributed by atoms with Gasteiger partial charge in [-0.2, -0.15) is 5.10 Å². The average Bonchev–Trinajstić information content (AvgIpc) is 2.84. The molecule has 1 heterocycles. The third-order valence-electron chi connectivity index (χ3n) is 3.25. The summed E-state index contributed by atoms with van der Waals surface area (Å²) in [6.07, 6.45) is 0. The van der Waals surface area contributed by atoms with Crippen molar-refractivity contribution in [1.82, 2.24) is 10.2 Å². The lowest BCUT2D eigenvalue weighted by Crippen LogP contribution is -1.91. The molecule has 0 atom stereocenters. The molecule has 3 rings (SSSR count). The van der Waals surface area contributed by atoms with Gasteiger partial charge in [0.05, 0.1) is 11.3 Å². The topological polar surface area (TPSA) is 54.7 Å². The number of nitrogens with zero attached hydrogens (tertiary/aromatic N) is 1. The van der Waals surface area contributed by atoms with Gasteiger partial charge in [-0.15, -0.1) is 0 Å². The minimum Gasteiger partial charge on any atom is -0.382 e. The van der Waals surface area contributed by atoms with E-state index in [-0.39, 0.29) is 5.82 Å². The summed E-state index contributed by atoms with van der Waals surface area (Å²) in [6, 6.07) is 14.6. The third-order valence-corrected chi connectivity index (χ3v) is 3.25. The summed E-state index contributed by atoms with van der Waals surface area (Å²) in [5.74, 6) is 0.0727. The van der Waals surface area contributed by atoms with Crippen LogP contribution in [0.3, 0.4) is 0 Å². The quantitative estimate of drug-likeness (QED) is 0.742. The van der Waals surface area contributed by atoms with Crippen molar-refractivity contribution in [2.75, 3.05) is 5.73 Å². The van der Waals surface area contributed by atoms with Crippen LogP contribution in [0.4, 0.5) is 10.2 Å². The van der Waals surface area contributed by atoms with Crippen LogP contribution in [0.5, 0.6) is 0 Å². The predicted octanol–water partition coefficient (Wildman–Crippen LogP) is 3.77. The van der Waals surface area contributed by atoms with E-state index in [2.05, 4.69) is 10.2 Å². The third kappa shape index (κ3) is 2.05. The molecule has 2 aromatic carbocycles. The molecule has 3 N–H and O–H groups in total. The maximum Gasteiger partial charge on any atom is 0.153 e. The summed E-state index contributed by atoms with van der Waals surface area (Å²) in [4.78, 5) is 0. The van der Waals surface area contributed by atoms with Crippen LogP contribution < -0.4 is 5.73 Å². The van der Waals surface area contributed by atoms with Gasteiger partial charge in [0.2, 0.25) is 0 Å². The molecule has 0 radical (unpaired) electrons. The minimum absolute atomic E-state index is 0.295. The highest BCUT2D eigenvalue weighted by atomic mass is 19.1. The first-order valence-corrected chi connectivity index (χ1v) is 6.32. The lowest BCUT2D eigenvalue weighted by molar-refractivity contribution is 0.630. The molecule has 0 saturated carbocycles. The molecule has 0 aliphatic carbocycles. The first-order chi connectivity index (χ1) is 9.66. The van der Waals surface area contributed by atoms with Crippen LogP contribution in [0.2, 0.25) is 0 Å². The highest BCUT2D eigenvalue weighted by Crippen LogP contribution is 2.35. The standard InChI is InChI=1S/C16H14FN3/c1-10-7-8-13(17)12(9-10)15-14(16(18)20-19-15)11-5-3-2-4-6-11/h2-9H,1H3,(H3,18,19,20). The summed E-state index contributed by atoms with van der Waals surface area (Å²) in [6.45, 7) is 1.92. The van der Waals surface area contributed by atoms with Crippen molar-refractivity contribution in [2.24, 2.45) is 0 Å². The van der Waals surface area contributed by atoms with Crippen molar-refractivity contribution in [3.63, 3.8) is 0 Å². The number of halogens is 1. The molecule has 0 bridgehead atoms. The normalized spacial score (nSPS) is 10.7. The number of hydrogen-bond acceptors (Lipinski definition) is 2. The molecule has 20 heavy (non-hydrogen) atoms. The molecule has 1 aromatic heterocycles. The Morgan fingerprint density at radius 2 is 1.85 bits per heavy atom. The van der Waals surface area contributed by atoms with E-state index in [1.807, 2.05) is 37.3 Å². The Hall–Kier alpha value is -2.62. The lowest BCUT2D eigenvalue weighted by Gasteiger charge is -2.06. The fourth-order valence-corrected chi connectivity index (χ4v) is 2.28. The second-order valence-electron chi connectivity index (χ2n) is 4.71. The number of hydrogen-bond donors (Lipinski definition) is 2. The molecule has 0 spiro atoms. The molecular formula is C16H14FN3. The number of benzene rings is 2. The largest absolute Gasteiger partial charge is 0.382 e. The van der Waals surface area contributed by atoms with E-state index in [4.69, 9.17) is 5.73 Å². The van der Waals surface area contributed by atoms with Crippen LogP contribution >= 0.6 is 0 Å². The van der Waals surface area contributed by atoms with Crippen LogP contribution in [0.15, 0.2) is 48.5 Å². The van der Waals surface area contributed by atoms with Crippen LogP contribution in [0, 0.1) is 12.7 Å². The minimum atomic E-state index is -0.295. The summed E-state index contributed by atoms with van der Waals surface area (Å²) >= 11 is 0. The number of aryl methyl sites for hydroxylation is 1. The Morgan fingerprint density at radius 1 is 1.10 bits per heavy atom. The zero-order valence-electron chi connectivity index (χ0n) is 11.0. The van der Waals surface area contributed by atoms with Crippen LogP contribution in [-0.2, 0) is 0 Å². The first kappa shape index (κ1) is 12.4. The Labute approximate surface area is 116 Å². The zero-order valence-corrected chi connectivity index (χ0v) is 11.0. The fraction of sp³-hybridized carbons (Fsp3) is 0.0625. The van der Waals surface area contributed by atoms with E-state index in [1.165, 1.54) is 6.07 Å². The Balaban J connectivity index is 2.24. The van der Waals surface area contributed by atoms with Gasteiger partial charge in [-0.1, -0.05) is 42.0 Å². The number of nitrogens with two attached hydrogens (primary N) is 1. The number of H-pyrrole nitrogens is 1. The van der Waals surface area contributed by atoms with Gasteiger partial charge in [-0.25, -0.2) is 4.39 Å².